The van der Waals surface area contributed by atoms with Crippen LogP contribution in [-0.2, 0) is 4.74 Å². The van der Waals surface area contributed by atoms with Crippen LogP contribution in [0.25, 0.3) is 0 Å². The lowest BCUT2D eigenvalue weighted by molar-refractivity contribution is 0.0109. The predicted molar refractivity (Wildman–Crippen MR) is 151 cm³/mol. The summed E-state index contributed by atoms with van der Waals surface area (Å²) in [6.07, 6.45) is 23.8. The van der Waals surface area contributed by atoms with E-state index in [4.69, 9.17) is 9.47 Å². The zero-order chi connectivity index (χ0) is 26.3. The van der Waals surface area contributed by atoms with Crippen LogP contribution in [0.4, 0.5) is 4.39 Å². The Labute approximate surface area is 226 Å². The van der Waals surface area contributed by atoms with Gasteiger partial charge < -0.3 is 9.47 Å². The number of unbranched alkanes of at least 4 members (excludes halogenated alkanes) is 8. The van der Waals surface area contributed by atoms with Crippen molar-refractivity contribution in [1.29, 1.82) is 0 Å². The van der Waals surface area contributed by atoms with Crippen molar-refractivity contribution in [2.24, 2.45) is 17.8 Å². The first kappa shape index (κ1) is 30.0. The van der Waals surface area contributed by atoms with E-state index in [0.29, 0.717) is 6.61 Å². The molecule has 210 valence electrons. The summed E-state index contributed by atoms with van der Waals surface area (Å²) in [5.41, 5.74) is 0.280. The molecule has 0 bridgehead atoms. The molecule has 0 radical (unpaired) electrons. The van der Waals surface area contributed by atoms with Crippen LogP contribution < -0.4 is 4.74 Å². The van der Waals surface area contributed by atoms with Crippen molar-refractivity contribution < 1.29 is 18.7 Å². The Bertz CT molecular complexity index is 763. The molecule has 2 aliphatic rings. The van der Waals surface area contributed by atoms with Gasteiger partial charge in [-0.25, -0.2) is 9.18 Å². The van der Waals surface area contributed by atoms with Crippen molar-refractivity contribution in [1.82, 2.24) is 0 Å². The normalized spacial score (nSPS) is 24.1. The Hall–Kier alpha value is -1.58. The summed E-state index contributed by atoms with van der Waals surface area (Å²) < 4.78 is 25.9. The fourth-order valence-corrected chi connectivity index (χ4v) is 6.51. The van der Waals surface area contributed by atoms with Gasteiger partial charge in [0.05, 0.1) is 12.2 Å². The van der Waals surface area contributed by atoms with E-state index < -0.39 is 11.8 Å². The van der Waals surface area contributed by atoms with Gasteiger partial charge in [-0.2, -0.15) is 0 Å². The van der Waals surface area contributed by atoms with Gasteiger partial charge in [-0.15, -0.1) is 0 Å². The van der Waals surface area contributed by atoms with Gasteiger partial charge in [-0.05, 0) is 80.9 Å². The second-order valence-electron chi connectivity index (χ2n) is 11.8. The Morgan fingerprint density at radius 3 is 2.00 bits per heavy atom. The van der Waals surface area contributed by atoms with Crippen LogP contribution in [0.1, 0.15) is 146 Å². The molecule has 1 aromatic rings. The molecule has 3 rings (SSSR count). The Morgan fingerprint density at radius 1 is 0.784 bits per heavy atom. The molecular weight excluding hydrogens is 463 g/mol. The minimum absolute atomic E-state index is 0.0367. The number of ether oxygens (including phenoxy) is 2. The molecule has 0 unspecified atom stereocenters. The summed E-state index contributed by atoms with van der Waals surface area (Å²) in [6.45, 7) is 4.98. The molecule has 1 aromatic carbocycles. The maximum atomic E-state index is 14.5. The fraction of sp³-hybridized carbons (Fsp3) is 0.788. The maximum absolute atomic E-state index is 14.5. The van der Waals surface area contributed by atoms with E-state index in [1.807, 2.05) is 0 Å². The molecule has 0 aliphatic heterocycles. The van der Waals surface area contributed by atoms with E-state index in [2.05, 4.69) is 13.8 Å². The highest BCUT2D eigenvalue weighted by Gasteiger charge is 2.32. The first-order valence-electron chi connectivity index (χ1n) is 15.7. The molecule has 0 N–H and O–H groups in total. The van der Waals surface area contributed by atoms with E-state index in [0.717, 1.165) is 56.3 Å². The van der Waals surface area contributed by atoms with Crippen LogP contribution in [0, 0.1) is 23.6 Å². The number of rotatable bonds is 16. The van der Waals surface area contributed by atoms with Crippen LogP contribution in [0.5, 0.6) is 5.75 Å². The van der Waals surface area contributed by atoms with Crippen molar-refractivity contribution in [3.05, 3.63) is 29.6 Å². The molecule has 0 spiro atoms. The number of hydrogen-bond donors (Lipinski definition) is 0. The monoisotopic (exact) mass is 516 g/mol. The lowest BCUT2D eigenvalue weighted by atomic mass is 9.70. The van der Waals surface area contributed by atoms with Crippen LogP contribution in [0.3, 0.4) is 0 Å². The minimum Gasteiger partial charge on any atom is -0.491 e. The minimum atomic E-state index is -0.483. The van der Waals surface area contributed by atoms with Crippen LogP contribution >= 0.6 is 0 Å². The molecule has 2 saturated carbocycles. The van der Waals surface area contributed by atoms with Crippen molar-refractivity contribution in [2.75, 3.05) is 6.61 Å². The average Bonchev–Trinajstić information content (AvgIpc) is 2.92. The Balaban J connectivity index is 1.32. The van der Waals surface area contributed by atoms with E-state index >= 15 is 0 Å². The zero-order valence-electron chi connectivity index (χ0n) is 23.8. The molecule has 37 heavy (non-hydrogen) atoms. The fourth-order valence-electron chi connectivity index (χ4n) is 6.51. The number of benzene rings is 1. The maximum Gasteiger partial charge on any atom is 0.338 e. The predicted octanol–water partition coefficient (Wildman–Crippen LogP) is 10.1. The lowest BCUT2D eigenvalue weighted by Crippen LogP contribution is -2.29. The third-order valence-corrected chi connectivity index (χ3v) is 8.94. The first-order chi connectivity index (χ1) is 18.1. The topological polar surface area (TPSA) is 35.5 Å². The average molecular weight is 517 g/mol. The van der Waals surface area contributed by atoms with Gasteiger partial charge in [0.2, 0.25) is 0 Å². The van der Waals surface area contributed by atoms with Gasteiger partial charge in [-0.1, -0.05) is 90.9 Å². The van der Waals surface area contributed by atoms with Crippen molar-refractivity contribution in [3.63, 3.8) is 0 Å². The largest absolute Gasteiger partial charge is 0.491 e. The Kier molecular flexibility index (Phi) is 13.8. The van der Waals surface area contributed by atoms with Crippen LogP contribution in [0.2, 0.25) is 0 Å². The third kappa shape index (κ3) is 10.6. The van der Waals surface area contributed by atoms with E-state index in [1.54, 1.807) is 12.1 Å². The second kappa shape index (κ2) is 17.1. The number of hydrogen-bond acceptors (Lipinski definition) is 3. The standard InChI is InChI=1S/C33H53FO3/c1-3-5-7-9-11-13-26-14-16-27(17-15-26)28-18-21-30(22-19-28)37-33(35)29-20-23-32(31(34)25-29)36-24-12-10-8-6-4-2/h20,23,25-28,30H,3-19,21-22,24H2,1-2H3. The van der Waals surface area contributed by atoms with Gasteiger partial charge in [0.15, 0.2) is 11.6 Å². The summed E-state index contributed by atoms with van der Waals surface area (Å²) in [5, 5.41) is 0. The van der Waals surface area contributed by atoms with Crippen molar-refractivity contribution in [3.8, 4) is 5.75 Å². The van der Waals surface area contributed by atoms with Gasteiger partial charge in [0.1, 0.15) is 6.10 Å². The Morgan fingerprint density at radius 2 is 1.38 bits per heavy atom. The quantitative estimate of drug-likeness (QED) is 0.162. The second-order valence-corrected chi connectivity index (χ2v) is 11.8. The van der Waals surface area contributed by atoms with Crippen molar-refractivity contribution >= 4 is 5.97 Å². The van der Waals surface area contributed by atoms with Crippen LogP contribution in [-0.4, -0.2) is 18.7 Å². The zero-order valence-corrected chi connectivity index (χ0v) is 23.8. The smallest absolute Gasteiger partial charge is 0.338 e. The summed E-state index contributed by atoms with van der Waals surface area (Å²) >= 11 is 0. The number of carbonyl (C=O) groups is 1. The molecule has 4 heteroatoms. The molecular formula is C33H53FO3. The number of carbonyl (C=O) groups excluding carboxylic acids is 1. The summed E-state index contributed by atoms with van der Waals surface area (Å²) in [5.74, 6) is 1.94. The number of esters is 1. The SMILES string of the molecule is CCCCCCCOc1ccc(C(=O)OC2CCC(C3CCC(CCCCCCC)CC3)CC2)cc1F. The lowest BCUT2D eigenvalue weighted by Gasteiger charge is -2.37. The summed E-state index contributed by atoms with van der Waals surface area (Å²) in [6, 6.07) is 4.46. The van der Waals surface area contributed by atoms with Gasteiger partial charge >= 0.3 is 5.97 Å². The highest BCUT2D eigenvalue weighted by atomic mass is 19.1. The molecule has 0 aromatic heterocycles. The molecule has 0 atom stereocenters. The van der Waals surface area contributed by atoms with Gasteiger partial charge in [-0.3, -0.25) is 0 Å². The highest BCUT2D eigenvalue weighted by molar-refractivity contribution is 5.89. The van der Waals surface area contributed by atoms with E-state index in [-0.39, 0.29) is 17.4 Å². The van der Waals surface area contributed by atoms with Gasteiger partial charge in [0.25, 0.3) is 0 Å². The first-order valence-corrected chi connectivity index (χ1v) is 15.7. The van der Waals surface area contributed by atoms with E-state index in [9.17, 15) is 9.18 Å². The van der Waals surface area contributed by atoms with Crippen LogP contribution in [0.15, 0.2) is 18.2 Å². The summed E-state index contributed by atoms with van der Waals surface area (Å²) in [4.78, 5) is 12.7. The molecule has 3 nitrogen and oxygen atoms in total. The van der Waals surface area contributed by atoms with Gasteiger partial charge in [0, 0.05) is 0 Å². The molecule has 0 amide bonds. The molecule has 0 heterocycles. The summed E-state index contributed by atoms with van der Waals surface area (Å²) in [7, 11) is 0. The number of halogens is 1. The molecule has 0 saturated heterocycles. The van der Waals surface area contributed by atoms with Crippen molar-refractivity contribution in [2.45, 2.75) is 142 Å². The van der Waals surface area contributed by atoms with E-state index in [1.165, 1.54) is 89.5 Å². The molecule has 2 aliphatic carbocycles. The highest BCUT2D eigenvalue weighted by Crippen LogP contribution is 2.41. The molecule has 2 fully saturated rings. The third-order valence-electron chi connectivity index (χ3n) is 8.94.